The number of alkyl halides is 3. The molecule has 0 unspecified atom stereocenters. The van der Waals surface area contributed by atoms with Crippen LogP contribution in [0.5, 0.6) is 0 Å². The molecule has 1 heterocycles. The van der Waals surface area contributed by atoms with Crippen LogP contribution in [0.25, 0.3) is 5.57 Å². The second-order valence-electron chi connectivity index (χ2n) is 2.27. The maximum absolute atomic E-state index is 12.0. The van der Waals surface area contributed by atoms with Crippen molar-refractivity contribution >= 4 is 5.57 Å². The van der Waals surface area contributed by atoms with E-state index in [1.54, 1.807) is 0 Å². The first kappa shape index (κ1) is 9.50. The molecule has 0 radical (unpaired) electrons. The highest BCUT2D eigenvalue weighted by Crippen LogP contribution is 2.29. The summed E-state index contributed by atoms with van der Waals surface area (Å²) >= 11 is 0. The molecule has 0 amide bonds. The Labute approximate surface area is 70.9 Å². The highest BCUT2D eigenvalue weighted by atomic mass is 19.4. The third kappa shape index (κ3) is 1.95. The topological polar surface area (TPSA) is 45.8 Å². The second-order valence-corrected chi connectivity index (χ2v) is 2.27. The molecule has 0 atom stereocenters. The average molecular weight is 190 g/mol. The molecule has 1 aromatic heterocycles. The smallest absolute Gasteiger partial charge is 0.313 e. The molecule has 0 aliphatic carbocycles. The van der Waals surface area contributed by atoms with Crippen LogP contribution in [-0.2, 0) is 0 Å². The standard InChI is InChI=1S/C7H5F3N2O/c1-4(7(8,9)10)5-2-11-3-12-6(5)13/h2-3H,1H2,(H,11,12,13). The molecule has 0 spiro atoms. The summed E-state index contributed by atoms with van der Waals surface area (Å²) in [6.45, 7) is 2.77. The van der Waals surface area contributed by atoms with Crippen molar-refractivity contribution in [2.75, 3.05) is 0 Å². The first-order chi connectivity index (χ1) is 5.93. The lowest BCUT2D eigenvalue weighted by molar-refractivity contribution is -0.0687. The van der Waals surface area contributed by atoms with Crippen LogP contribution in [0.4, 0.5) is 13.2 Å². The lowest BCUT2D eigenvalue weighted by Crippen LogP contribution is -2.19. The van der Waals surface area contributed by atoms with Crippen molar-refractivity contribution in [3.05, 3.63) is 35.0 Å². The van der Waals surface area contributed by atoms with Gasteiger partial charge in [-0.05, 0) is 0 Å². The third-order valence-electron chi connectivity index (χ3n) is 1.39. The molecule has 0 saturated heterocycles. The molecule has 0 saturated carbocycles. The average Bonchev–Trinajstić information content (AvgIpc) is 2.02. The molecule has 0 aromatic carbocycles. The number of aromatic amines is 1. The molecule has 1 aromatic rings. The number of rotatable bonds is 1. The van der Waals surface area contributed by atoms with E-state index in [0.717, 1.165) is 12.5 Å². The summed E-state index contributed by atoms with van der Waals surface area (Å²) in [5.74, 6) is 0. The molecule has 70 valence electrons. The minimum Gasteiger partial charge on any atom is -0.313 e. The van der Waals surface area contributed by atoms with E-state index in [9.17, 15) is 18.0 Å². The molecular formula is C7H5F3N2O. The fourth-order valence-electron chi connectivity index (χ4n) is 0.712. The van der Waals surface area contributed by atoms with Crippen LogP contribution in [0.15, 0.2) is 23.9 Å². The lowest BCUT2D eigenvalue weighted by Gasteiger charge is -2.07. The zero-order valence-corrected chi connectivity index (χ0v) is 6.35. The third-order valence-corrected chi connectivity index (χ3v) is 1.39. The molecule has 6 heteroatoms. The normalized spacial score (nSPS) is 11.3. The van der Waals surface area contributed by atoms with Crippen molar-refractivity contribution < 1.29 is 13.2 Å². The Bertz CT molecular complexity index is 380. The molecule has 1 N–H and O–H groups in total. The van der Waals surface area contributed by atoms with Gasteiger partial charge in [-0.25, -0.2) is 4.98 Å². The van der Waals surface area contributed by atoms with E-state index >= 15 is 0 Å². The summed E-state index contributed by atoms with van der Waals surface area (Å²) in [7, 11) is 0. The van der Waals surface area contributed by atoms with Crippen LogP contribution in [0, 0.1) is 0 Å². The largest absolute Gasteiger partial charge is 0.416 e. The Kier molecular flexibility index (Phi) is 2.22. The predicted octanol–water partition coefficient (Wildman–Crippen LogP) is 1.35. The van der Waals surface area contributed by atoms with Crippen LogP contribution in [0.3, 0.4) is 0 Å². The van der Waals surface area contributed by atoms with Crippen molar-refractivity contribution in [3.63, 3.8) is 0 Å². The van der Waals surface area contributed by atoms with Gasteiger partial charge < -0.3 is 4.98 Å². The van der Waals surface area contributed by atoms with Gasteiger partial charge in [0.1, 0.15) is 0 Å². The Morgan fingerprint density at radius 3 is 2.62 bits per heavy atom. The van der Waals surface area contributed by atoms with E-state index < -0.39 is 22.9 Å². The molecule has 13 heavy (non-hydrogen) atoms. The first-order valence-electron chi connectivity index (χ1n) is 3.22. The van der Waals surface area contributed by atoms with Crippen molar-refractivity contribution in [2.45, 2.75) is 6.18 Å². The SMILES string of the molecule is C=C(c1cnc[nH]c1=O)C(F)(F)F. The van der Waals surface area contributed by atoms with E-state index in [1.807, 2.05) is 4.98 Å². The number of nitrogens with one attached hydrogen (secondary N) is 1. The van der Waals surface area contributed by atoms with Crippen molar-refractivity contribution in [1.82, 2.24) is 9.97 Å². The number of hydrogen-bond acceptors (Lipinski definition) is 2. The van der Waals surface area contributed by atoms with Gasteiger partial charge >= 0.3 is 6.18 Å². The van der Waals surface area contributed by atoms with E-state index in [2.05, 4.69) is 11.6 Å². The fourth-order valence-corrected chi connectivity index (χ4v) is 0.712. The fraction of sp³-hybridized carbons (Fsp3) is 0.143. The minimum atomic E-state index is -4.60. The number of nitrogens with zero attached hydrogens (tertiary/aromatic N) is 1. The lowest BCUT2D eigenvalue weighted by atomic mass is 10.1. The number of allylic oxidation sites excluding steroid dienone is 1. The Balaban J connectivity index is 3.18. The molecule has 0 aliphatic rings. The van der Waals surface area contributed by atoms with E-state index in [-0.39, 0.29) is 0 Å². The Hall–Kier alpha value is -1.59. The van der Waals surface area contributed by atoms with Crippen molar-refractivity contribution in [2.24, 2.45) is 0 Å². The molecule has 1 rings (SSSR count). The summed E-state index contributed by atoms with van der Waals surface area (Å²) < 4.78 is 36.1. The molecular weight excluding hydrogens is 185 g/mol. The summed E-state index contributed by atoms with van der Waals surface area (Å²) in [6.07, 6.45) is -2.76. The van der Waals surface area contributed by atoms with Gasteiger partial charge in [0.25, 0.3) is 5.56 Å². The molecule has 3 nitrogen and oxygen atoms in total. The highest BCUT2D eigenvalue weighted by molar-refractivity contribution is 5.65. The van der Waals surface area contributed by atoms with Gasteiger partial charge in [0.2, 0.25) is 0 Å². The van der Waals surface area contributed by atoms with E-state index in [0.29, 0.717) is 0 Å². The van der Waals surface area contributed by atoms with Crippen LogP contribution >= 0.6 is 0 Å². The molecule has 0 aliphatic heterocycles. The van der Waals surface area contributed by atoms with Crippen LogP contribution in [0.1, 0.15) is 5.56 Å². The summed E-state index contributed by atoms with van der Waals surface area (Å²) in [5, 5.41) is 0. The van der Waals surface area contributed by atoms with Crippen molar-refractivity contribution in [1.29, 1.82) is 0 Å². The van der Waals surface area contributed by atoms with Gasteiger partial charge in [-0.3, -0.25) is 4.79 Å². The Morgan fingerprint density at radius 1 is 1.54 bits per heavy atom. The van der Waals surface area contributed by atoms with Gasteiger partial charge in [0.05, 0.1) is 17.5 Å². The van der Waals surface area contributed by atoms with Crippen LogP contribution in [0.2, 0.25) is 0 Å². The summed E-state index contributed by atoms with van der Waals surface area (Å²) in [6, 6.07) is 0. The van der Waals surface area contributed by atoms with E-state index in [1.165, 1.54) is 0 Å². The molecule has 0 bridgehead atoms. The van der Waals surface area contributed by atoms with Gasteiger partial charge in [-0.2, -0.15) is 13.2 Å². The monoisotopic (exact) mass is 190 g/mol. The number of aromatic nitrogens is 2. The number of halogens is 3. The Morgan fingerprint density at radius 2 is 2.15 bits per heavy atom. The second kappa shape index (κ2) is 3.04. The zero-order chi connectivity index (χ0) is 10.1. The number of H-pyrrole nitrogens is 1. The van der Waals surface area contributed by atoms with Gasteiger partial charge in [0, 0.05) is 6.20 Å². The van der Waals surface area contributed by atoms with Crippen LogP contribution < -0.4 is 5.56 Å². The van der Waals surface area contributed by atoms with Gasteiger partial charge in [0.15, 0.2) is 0 Å². The first-order valence-corrected chi connectivity index (χ1v) is 3.22. The zero-order valence-electron chi connectivity index (χ0n) is 6.35. The van der Waals surface area contributed by atoms with E-state index in [4.69, 9.17) is 0 Å². The molecule has 0 fully saturated rings. The quantitative estimate of drug-likeness (QED) is 0.726. The minimum absolute atomic E-state index is 0.560. The summed E-state index contributed by atoms with van der Waals surface area (Å²) in [4.78, 5) is 16.2. The number of hydrogen-bond donors (Lipinski definition) is 1. The maximum atomic E-state index is 12.0. The summed E-state index contributed by atoms with van der Waals surface area (Å²) in [5.41, 5.74) is -2.60. The van der Waals surface area contributed by atoms with Crippen molar-refractivity contribution in [3.8, 4) is 0 Å². The maximum Gasteiger partial charge on any atom is 0.416 e. The van der Waals surface area contributed by atoms with Gasteiger partial charge in [-0.1, -0.05) is 6.58 Å². The predicted molar refractivity (Wildman–Crippen MR) is 39.9 cm³/mol. The van der Waals surface area contributed by atoms with Crippen LogP contribution in [-0.4, -0.2) is 16.1 Å². The highest BCUT2D eigenvalue weighted by Gasteiger charge is 2.34. The van der Waals surface area contributed by atoms with Gasteiger partial charge in [-0.15, -0.1) is 0 Å².